The van der Waals surface area contributed by atoms with Gasteiger partial charge in [-0.2, -0.15) is 0 Å². The quantitative estimate of drug-likeness (QED) is 0.250. The number of hydrogen-bond acceptors (Lipinski definition) is 3. The summed E-state index contributed by atoms with van der Waals surface area (Å²) in [5.41, 5.74) is 1.79. The summed E-state index contributed by atoms with van der Waals surface area (Å²) in [4.78, 5) is 15.7. The third-order valence-electron chi connectivity index (χ3n) is 3.09. The van der Waals surface area contributed by atoms with Gasteiger partial charge >= 0.3 is 0 Å². The lowest BCUT2D eigenvalue weighted by Crippen LogP contribution is -2.39. The number of nitrogens with zero attached hydrogens (tertiary/aromatic N) is 1. The van der Waals surface area contributed by atoms with Crippen LogP contribution in [-0.4, -0.2) is 52.3 Å². The number of amides is 1. The number of ether oxygens (including phenoxy) is 1. The van der Waals surface area contributed by atoms with Gasteiger partial charge in [0.25, 0.3) is 5.91 Å². The Labute approximate surface area is 155 Å². The van der Waals surface area contributed by atoms with Crippen molar-refractivity contribution in [2.45, 2.75) is 13.3 Å². The summed E-state index contributed by atoms with van der Waals surface area (Å²) in [7, 11) is 3.37. The minimum absolute atomic E-state index is 0. The van der Waals surface area contributed by atoms with Gasteiger partial charge in [0, 0.05) is 39.4 Å². The van der Waals surface area contributed by atoms with Crippen LogP contribution in [0.15, 0.2) is 29.3 Å². The molecule has 0 spiro atoms. The van der Waals surface area contributed by atoms with Crippen molar-refractivity contribution in [3.8, 4) is 0 Å². The van der Waals surface area contributed by atoms with Gasteiger partial charge in [0.05, 0.1) is 6.61 Å². The topological polar surface area (TPSA) is 74.8 Å². The lowest BCUT2D eigenvalue weighted by molar-refractivity contribution is 0.0963. The van der Waals surface area contributed by atoms with Crippen molar-refractivity contribution in [1.82, 2.24) is 16.0 Å². The lowest BCUT2D eigenvalue weighted by atomic mass is 10.1. The van der Waals surface area contributed by atoms with Gasteiger partial charge in [-0.05, 0) is 31.0 Å². The van der Waals surface area contributed by atoms with Crippen molar-refractivity contribution in [3.05, 3.63) is 35.4 Å². The highest BCUT2D eigenvalue weighted by atomic mass is 127. The Morgan fingerprint density at radius 3 is 2.65 bits per heavy atom. The predicted octanol–water partition coefficient (Wildman–Crippen LogP) is 1.41. The second-order valence-electron chi connectivity index (χ2n) is 4.65. The highest BCUT2D eigenvalue weighted by Crippen LogP contribution is 2.05. The van der Waals surface area contributed by atoms with Gasteiger partial charge in [-0.1, -0.05) is 12.1 Å². The maximum atomic E-state index is 11.6. The molecule has 1 aromatic rings. The third kappa shape index (κ3) is 8.75. The summed E-state index contributed by atoms with van der Waals surface area (Å²) < 4.78 is 5.27. The van der Waals surface area contributed by atoms with Gasteiger partial charge in [-0.3, -0.25) is 9.79 Å². The van der Waals surface area contributed by atoms with E-state index in [0.29, 0.717) is 12.2 Å². The number of hydrogen-bond donors (Lipinski definition) is 3. The molecule has 0 aliphatic rings. The minimum Gasteiger partial charge on any atom is -0.380 e. The van der Waals surface area contributed by atoms with Crippen molar-refractivity contribution in [1.29, 1.82) is 0 Å². The average molecular weight is 434 g/mol. The summed E-state index contributed by atoms with van der Waals surface area (Å²) >= 11 is 0. The van der Waals surface area contributed by atoms with Gasteiger partial charge in [0.2, 0.25) is 0 Å². The number of nitrogens with one attached hydrogen (secondary N) is 3. The first kappa shape index (κ1) is 21.6. The van der Waals surface area contributed by atoms with Gasteiger partial charge < -0.3 is 20.7 Å². The average Bonchev–Trinajstić information content (AvgIpc) is 2.56. The molecule has 1 rings (SSSR count). The summed E-state index contributed by atoms with van der Waals surface area (Å²) in [5.74, 6) is 0.686. The van der Waals surface area contributed by atoms with Crippen molar-refractivity contribution >= 4 is 35.8 Å². The maximum absolute atomic E-state index is 11.6. The van der Waals surface area contributed by atoms with Crippen LogP contribution < -0.4 is 16.0 Å². The first-order valence-corrected chi connectivity index (χ1v) is 7.54. The van der Waals surface area contributed by atoms with E-state index in [1.807, 2.05) is 31.2 Å². The molecule has 3 N–H and O–H groups in total. The molecule has 0 radical (unpaired) electrons. The van der Waals surface area contributed by atoms with E-state index < -0.39 is 0 Å². The Kier molecular flexibility index (Phi) is 12.4. The normalized spacial score (nSPS) is 10.7. The van der Waals surface area contributed by atoms with Crippen LogP contribution in [-0.2, 0) is 11.2 Å². The van der Waals surface area contributed by atoms with E-state index in [2.05, 4.69) is 20.9 Å². The minimum atomic E-state index is -0.0665. The number of aliphatic imine (C=N–C) groups is 1. The van der Waals surface area contributed by atoms with Gasteiger partial charge in [0.15, 0.2) is 5.96 Å². The van der Waals surface area contributed by atoms with Crippen LogP contribution in [0.4, 0.5) is 0 Å². The second-order valence-corrected chi connectivity index (χ2v) is 4.65. The first-order valence-electron chi connectivity index (χ1n) is 7.54. The van der Waals surface area contributed by atoms with Crippen LogP contribution in [0.1, 0.15) is 22.8 Å². The SMILES string of the molecule is CCOCCNC(=NC)NCCc1cccc(C(=O)NC)c1.I. The van der Waals surface area contributed by atoms with E-state index in [1.54, 1.807) is 14.1 Å². The van der Waals surface area contributed by atoms with Gasteiger partial charge in [-0.15, -0.1) is 24.0 Å². The fourth-order valence-corrected chi connectivity index (χ4v) is 1.94. The lowest BCUT2D eigenvalue weighted by Gasteiger charge is -2.12. The highest BCUT2D eigenvalue weighted by molar-refractivity contribution is 14.0. The summed E-state index contributed by atoms with van der Waals surface area (Å²) in [5, 5.41) is 9.05. The van der Waals surface area contributed by atoms with Gasteiger partial charge in [-0.25, -0.2) is 0 Å². The third-order valence-corrected chi connectivity index (χ3v) is 3.09. The van der Waals surface area contributed by atoms with Crippen molar-refractivity contribution in [2.75, 3.05) is 40.4 Å². The Morgan fingerprint density at radius 2 is 2.00 bits per heavy atom. The van der Waals surface area contributed by atoms with E-state index in [9.17, 15) is 4.79 Å². The fraction of sp³-hybridized carbons (Fsp3) is 0.500. The molecule has 0 saturated heterocycles. The molecule has 130 valence electrons. The molecule has 1 amide bonds. The number of rotatable bonds is 8. The highest BCUT2D eigenvalue weighted by Gasteiger charge is 2.04. The summed E-state index contributed by atoms with van der Waals surface area (Å²) in [6, 6.07) is 7.63. The molecule has 0 aromatic heterocycles. The molecular formula is C16H27IN4O2. The van der Waals surface area contributed by atoms with Crippen LogP contribution in [0.2, 0.25) is 0 Å². The smallest absolute Gasteiger partial charge is 0.251 e. The monoisotopic (exact) mass is 434 g/mol. The van der Waals surface area contributed by atoms with Crippen LogP contribution >= 0.6 is 24.0 Å². The molecule has 0 unspecified atom stereocenters. The first-order chi connectivity index (χ1) is 10.7. The fourth-order valence-electron chi connectivity index (χ4n) is 1.94. The maximum Gasteiger partial charge on any atom is 0.251 e. The van der Waals surface area contributed by atoms with E-state index in [-0.39, 0.29) is 29.9 Å². The van der Waals surface area contributed by atoms with E-state index in [1.165, 1.54) is 0 Å². The zero-order chi connectivity index (χ0) is 16.2. The van der Waals surface area contributed by atoms with Crippen LogP contribution in [0.25, 0.3) is 0 Å². The number of carbonyl (C=O) groups is 1. The second kappa shape index (κ2) is 13.1. The molecular weight excluding hydrogens is 407 g/mol. The zero-order valence-corrected chi connectivity index (χ0v) is 16.3. The largest absolute Gasteiger partial charge is 0.380 e. The summed E-state index contributed by atoms with van der Waals surface area (Å²) in [6.07, 6.45) is 0.816. The Hall–Kier alpha value is -1.35. The van der Waals surface area contributed by atoms with Crippen LogP contribution in [0.3, 0.4) is 0 Å². The Balaban J connectivity index is 0.00000484. The molecule has 0 bridgehead atoms. The molecule has 23 heavy (non-hydrogen) atoms. The molecule has 0 aliphatic heterocycles. The van der Waals surface area contributed by atoms with Crippen LogP contribution in [0.5, 0.6) is 0 Å². The van der Waals surface area contributed by atoms with Gasteiger partial charge in [0.1, 0.15) is 0 Å². The van der Waals surface area contributed by atoms with Crippen molar-refractivity contribution in [2.24, 2.45) is 4.99 Å². The number of carbonyl (C=O) groups excluding carboxylic acids is 1. The standard InChI is InChI=1S/C16H26N4O2.HI/c1-4-22-11-10-20-16(18-3)19-9-8-13-6-5-7-14(12-13)15(21)17-2;/h5-7,12H,4,8-11H2,1-3H3,(H,17,21)(H2,18,19,20);1H. The predicted molar refractivity (Wildman–Crippen MR) is 105 cm³/mol. The number of benzene rings is 1. The molecule has 6 nitrogen and oxygen atoms in total. The number of halogens is 1. The van der Waals surface area contributed by atoms with Crippen molar-refractivity contribution < 1.29 is 9.53 Å². The molecule has 1 aromatic carbocycles. The van der Waals surface area contributed by atoms with Crippen molar-refractivity contribution in [3.63, 3.8) is 0 Å². The van der Waals surface area contributed by atoms with E-state index in [4.69, 9.17) is 4.74 Å². The van der Waals surface area contributed by atoms with E-state index >= 15 is 0 Å². The molecule has 0 aliphatic carbocycles. The summed E-state index contributed by atoms with van der Waals surface area (Å²) in [6.45, 7) is 4.81. The molecule has 0 atom stereocenters. The van der Waals surface area contributed by atoms with Crippen LogP contribution in [0, 0.1) is 0 Å². The molecule has 0 saturated carbocycles. The zero-order valence-electron chi connectivity index (χ0n) is 14.0. The Morgan fingerprint density at radius 1 is 1.26 bits per heavy atom. The molecule has 0 heterocycles. The van der Waals surface area contributed by atoms with E-state index in [0.717, 1.165) is 37.6 Å². The Bertz CT molecular complexity index is 495. The molecule has 0 fully saturated rings. The molecule has 7 heteroatoms. The number of guanidine groups is 1.